The van der Waals surface area contributed by atoms with E-state index < -0.39 is 6.04 Å². The Bertz CT molecular complexity index is 668. The van der Waals surface area contributed by atoms with Crippen LogP contribution in [0.2, 0.25) is 0 Å². The number of hydrogen-bond acceptors (Lipinski definition) is 4. The van der Waals surface area contributed by atoms with E-state index in [1.165, 1.54) is 0 Å². The maximum atomic E-state index is 12.1. The van der Waals surface area contributed by atoms with Gasteiger partial charge in [-0.05, 0) is 43.4 Å². The van der Waals surface area contributed by atoms with Gasteiger partial charge in [-0.3, -0.25) is 14.4 Å². The molecular weight excluding hydrogens is 320 g/mol. The first-order chi connectivity index (χ1) is 11.8. The Labute approximate surface area is 147 Å². The summed E-state index contributed by atoms with van der Waals surface area (Å²) in [5.41, 5.74) is 7.84. The van der Waals surface area contributed by atoms with E-state index in [1.807, 2.05) is 26.8 Å². The lowest BCUT2D eigenvalue weighted by Gasteiger charge is -2.16. The predicted octanol–water partition coefficient (Wildman–Crippen LogP) is 1.38. The van der Waals surface area contributed by atoms with Crippen LogP contribution in [-0.2, 0) is 14.4 Å². The second kappa shape index (κ2) is 8.11. The van der Waals surface area contributed by atoms with Gasteiger partial charge in [-0.1, -0.05) is 19.9 Å². The fourth-order valence-electron chi connectivity index (χ4n) is 2.21. The van der Waals surface area contributed by atoms with E-state index in [0.29, 0.717) is 11.4 Å². The van der Waals surface area contributed by atoms with Crippen molar-refractivity contribution in [2.45, 2.75) is 39.7 Å². The molecule has 7 heteroatoms. The SMILES string of the molecule is Cc1ccc(NC(=O)C2CC2)cc1NC(=O)CNC(=O)[C@@H](N)C(C)C. The average Bonchev–Trinajstić information content (AvgIpc) is 3.39. The van der Waals surface area contributed by atoms with Crippen LogP contribution in [0.4, 0.5) is 11.4 Å². The van der Waals surface area contributed by atoms with E-state index in [1.54, 1.807) is 12.1 Å². The Morgan fingerprint density at radius 3 is 2.48 bits per heavy atom. The fourth-order valence-corrected chi connectivity index (χ4v) is 2.21. The van der Waals surface area contributed by atoms with Crippen molar-refractivity contribution in [3.8, 4) is 0 Å². The first kappa shape index (κ1) is 18.9. The number of amides is 3. The maximum absolute atomic E-state index is 12.1. The summed E-state index contributed by atoms with van der Waals surface area (Å²) in [6, 6.07) is 4.70. The van der Waals surface area contributed by atoms with Crippen LogP contribution in [0.5, 0.6) is 0 Å². The molecule has 5 N–H and O–H groups in total. The summed E-state index contributed by atoms with van der Waals surface area (Å²) in [5.74, 6) is -0.585. The van der Waals surface area contributed by atoms with E-state index >= 15 is 0 Å². The molecule has 0 saturated heterocycles. The van der Waals surface area contributed by atoms with Crippen molar-refractivity contribution in [3.63, 3.8) is 0 Å². The molecule has 0 aromatic heterocycles. The number of carbonyl (C=O) groups excluding carboxylic acids is 3. The van der Waals surface area contributed by atoms with Gasteiger partial charge >= 0.3 is 0 Å². The molecule has 2 rings (SSSR count). The number of nitrogens with one attached hydrogen (secondary N) is 3. The molecular formula is C18H26N4O3. The summed E-state index contributed by atoms with van der Waals surface area (Å²) in [6.45, 7) is 5.39. The standard InChI is InChI=1S/C18H26N4O3/c1-10(2)16(19)18(25)20-9-15(23)22-14-8-13(7-4-11(14)3)21-17(24)12-5-6-12/h4,7-8,10,12,16H,5-6,9,19H2,1-3H3,(H,20,25)(H,21,24)(H,22,23)/t16-/m0/s1. The van der Waals surface area contributed by atoms with Crippen LogP contribution in [-0.4, -0.2) is 30.3 Å². The molecule has 1 aliphatic rings. The first-order valence-corrected chi connectivity index (χ1v) is 8.52. The van der Waals surface area contributed by atoms with Gasteiger partial charge in [-0.15, -0.1) is 0 Å². The van der Waals surface area contributed by atoms with E-state index in [2.05, 4.69) is 16.0 Å². The molecule has 1 fully saturated rings. The Hall–Kier alpha value is -2.41. The highest BCUT2D eigenvalue weighted by atomic mass is 16.2. The monoisotopic (exact) mass is 346 g/mol. The summed E-state index contributed by atoms with van der Waals surface area (Å²) in [6.07, 6.45) is 1.86. The number of aryl methyl sites for hydroxylation is 1. The highest BCUT2D eigenvalue weighted by molar-refractivity contribution is 5.98. The van der Waals surface area contributed by atoms with Gasteiger partial charge < -0.3 is 21.7 Å². The minimum Gasteiger partial charge on any atom is -0.346 e. The van der Waals surface area contributed by atoms with Crippen molar-refractivity contribution in [1.29, 1.82) is 0 Å². The molecule has 0 heterocycles. The number of carbonyl (C=O) groups is 3. The lowest BCUT2D eigenvalue weighted by Crippen LogP contribution is -2.46. The van der Waals surface area contributed by atoms with Gasteiger partial charge in [0.2, 0.25) is 17.7 Å². The summed E-state index contributed by atoms with van der Waals surface area (Å²) in [7, 11) is 0. The molecule has 7 nitrogen and oxygen atoms in total. The van der Waals surface area contributed by atoms with Crippen molar-refractivity contribution in [1.82, 2.24) is 5.32 Å². The predicted molar refractivity (Wildman–Crippen MR) is 97.0 cm³/mol. The normalized spacial score (nSPS) is 14.8. The minimum atomic E-state index is -0.643. The fraction of sp³-hybridized carbons (Fsp3) is 0.500. The Balaban J connectivity index is 1.90. The topological polar surface area (TPSA) is 113 Å². The minimum absolute atomic E-state index is 0.00272. The molecule has 0 bridgehead atoms. The molecule has 0 unspecified atom stereocenters. The van der Waals surface area contributed by atoms with E-state index in [-0.39, 0.29) is 36.1 Å². The van der Waals surface area contributed by atoms with Gasteiger partial charge in [0, 0.05) is 17.3 Å². The number of rotatable bonds is 7. The van der Waals surface area contributed by atoms with Crippen molar-refractivity contribution in [2.75, 3.05) is 17.2 Å². The van der Waals surface area contributed by atoms with Gasteiger partial charge in [-0.2, -0.15) is 0 Å². The summed E-state index contributed by atoms with van der Waals surface area (Å²) in [4.78, 5) is 35.7. The summed E-state index contributed by atoms with van der Waals surface area (Å²) >= 11 is 0. The van der Waals surface area contributed by atoms with Gasteiger partial charge in [0.05, 0.1) is 12.6 Å². The molecule has 0 spiro atoms. The summed E-state index contributed by atoms with van der Waals surface area (Å²) < 4.78 is 0. The number of anilines is 2. The highest BCUT2D eigenvalue weighted by Gasteiger charge is 2.29. The first-order valence-electron chi connectivity index (χ1n) is 8.52. The van der Waals surface area contributed by atoms with E-state index in [4.69, 9.17) is 5.73 Å². The van der Waals surface area contributed by atoms with Crippen LogP contribution in [0, 0.1) is 18.8 Å². The largest absolute Gasteiger partial charge is 0.346 e. The summed E-state index contributed by atoms with van der Waals surface area (Å²) in [5, 5.41) is 8.12. The van der Waals surface area contributed by atoms with Gasteiger partial charge in [0.15, 0.2) is 0 Å². The number of benzene rings is 1. The van der Waals surface area contributed by atoms with Crippen molar-refractivity contribution in [2.24, 2.45) is 17.6 Å². The highest BCUT2D eigenvalue weighted by Crippen LogP contribution is 2.30. The van der Waals surface area contributed by atoms with Gasteiger partial charge in [0.1, 0.15) is 0 Å². The molecule has 3 amide bonds. The third-order valence-electron chi connectivity index (χ3n) is 4.17. The Morgan fingerprint density at radius 1 is 1.20 bits per heavy atom. The second-order valence-electron chi connectivity index (χ2n) is 6.83. The molecule has 0 aliphatic heterocycles. The van der Waals surface area contributed by atoms with Crippen LogP contribution in [0.25, 0.3) is 0 Å². The second-order valence-corrected chi connectivity index (χ2v) is 6.83. The molecule has 136 valence electrons. The van der Waals surface area contributed by atoms with Crippen LogP contribution in [0.3, 0.4) is 0 Å². The molecule has 1 saturated carbocycles. The maximum Gasteiger partial charge on any atom is 0.243 e. The Morgan fingerprint density at radius 2 is 1.88 bits per heavy atom. The number of hydrogen-bond donors (Lipinski definition) is 4. The van der Waals surface area contributed by atoms with Crippen LogP contribution in [0.15, 0.2) is 18.2 Å². The van der Waals surface area contributed by atoms with E-state index in [0.717, 1.165) is 18.4 Å². The van der Waals surface area contributed by atoms with Crippen molar-refractivity contribution in [3.05, 3.63) is 23.8 Å². The zero-order chi connectivity index (χ0) is 18.6. The number of nitrogens with two attached hydrogens (primary N) is 1. The molecule has 25 heavy (non-hydrogen) atoms. The van der Waals surface area contributed by atoms with Crippen LogP contribution in [0.1, 0.15) is 32.3 Å². The zero-order valence-electron chi connectivity index (χ0n) is 14.9. The average molecular weight is 346 g/mol. The smallest absolute Gasteiger partial charge is 0.243 e. The molecule has 1 atom stereocenters. The molecule has 1 aromatic rings. The zero-order valence-corrected chi connectivity index (χ0v) is 14.9. The third kappa shape index (κ3) is 5.56. The van der Waals surface area contributed by atoms with Gasteiger partial charge in [0.25, 0.3) is 0 Å². The molecule has 1 aromatic carbocycles. The quantitative estimate of drug-likeness (QED) is 0.597. The third-order valence-corrected chi connectivity index (χ3v) is 4.17. The van der Waals surface area contributed by atoms with Crippen LogP contribution < -0.4 is 21.7 Å². The lowest BCUT2D eigenvalue weighted by atomic mass is 10.1. The van der Waals surface area contributed by atoms with Crippen molar-refractivity contribution >= 4 is 29.1 Å². The lowest BCUT2D eigenvalue weighted by molar-refractivity contribution is -0.125. The van der Waals surface area contributed by atoms with Crippen molar-refractivity contribution < 1.29 is 14.4 Å². The Kier molecular flexibility index (Phi) is 6.14. The van der Waals surface area contributed by atoms with E-state index in [9.17, 15) is 14.4 Å². The molecule has 0 radical (unpaired) electrons. The van der Waals surface area contributed by atoms with Crippen LogP contribution >= 0.6 is 0 Å². The van der Waals surface area contributed by atoms with Gasteiger partial charge in [-0.25, -0.2) is 0 Å². The molecule has 1 aliphatic carbocycles.